The van der Waals surface area contributed by atoms with E-state index in [9.17, 15) is 14.7 Å². The van der Waals surface area contributed by atoms with E-state index in [2.05, 4.69) is 25.5 Å². The number of aliphatic hydroxyl groups excluding tert-OH is 1. The van der Waals surface area contributed by atoms with Gasteiger partial charge in [-0.2, -0.15) is 0 Å². The Balaban J connectivity index is 1.61. The van der Waals surface area contributed by atoms with Crippen molar-refractivity contribution in [2.24, 2.45) is 5.73 Å². The summed E-state index contributed by atoms with van der Waals surface area (Å²) in [6.07, 6.45) is 3.12. The van der Waals surface area contributed by atoms with E-state index in [1.54, 1.807) is 50.5 Å². The number of oxazole rings is 1. The van der Waals surface area contributed by atoms with Crippen molar-refractivity contribution in [3.8, 4) is 5.75 Å². The molecule has 0 spiro atoms. The smallest absolute Gasteiger partial charge is 0.407 e. The molecule has 2 aromatic heterocycles. The summed E-state index contributed by atoms with van der Waals surface area (Å²) < 4.78 is 24.4. The summed E-state index contributed by atoms with van der Waals surface area (Å²) in [5.41, 5.74) is 7.27. The molecule has 0 bridgehead atoms. The van der Waals surface area contributed by atoms with Crippen molar-refractivity contribution in [3.05, 3.63) is 47.2 Å². The summed E-state index contributed by atoms with van der Waals surface area (Å²) >= 11 is 0. The van der Waals surface area contributed by atoms with Crippen LogP contribution >= 0.6 is 0 Å². The van der Waals surface area contributed by atoms with Crippen LogP contribution in [0, 0.1) is 6.92 Å². The van der Waals surface area contributed by atoms with Crippen molar-refractivity contribution in [3.63, 3.8) is 0 Å². The number of nitrogens with zero attached hydrogens (tertiary/aromatic N) is 4. The van der Waals surface area contributed by atoms with Gasteiger partial charge in [0.1, 0.15) is 23.1 Å². The number of hydrogen-bond donors (Lipinski definition) is 4. The molecule has 1 saturated heterocycles. The van der Waals surface area contributed by atoms with E-state index in [0.717, 1.165) is 39.3 Å². The number of rotatable bonds is 13. The fourth-order valence-electron chi connectivity index (χ4n) is 4.87. The first kappa shape index (κ1) is 33.9. The summed E-state index contributed by atoms with van der Waals surface area (Å²) in [4.78, 5) is 36.7. The third-order valence-corrected chi connectivity index (χ3v) is 6.94. The van der Waals surface area contributed by atoms with E-state index < -0.39 is 23.8 Å². The molecule has 1 aliphatic rings. The van der Waals surface area contributed by atoms with Crippen molar-refractivity contribution in [2.45, 2.75) is 65.8 Å². The highest BCUT2D eigenvalue weighted by Gasteiger charge is 2.23. The van der Waals surface area contributed by atoms with Gasteiger partial charge >= 0.3 is 6.09 Å². The fourth-order valence-corrected chi connectivity index (χ4v) is 4.87. The van der Waals surface area contributed by atoms with Crippen molar-refractivity contribution in [1.82, 2.24) is 24.8 Å². The largest absolute Gasteiger partial charge is 0.491 e. The van der Waals surface area contributed by atoms with Crippen LogP contribution < -0.4 is 21.1 Å². The molecule has 5 N–H and O–H groups in total. The van der Waals surface area contributed by atoms with Crippen LogP contribution in [0.1, 0.15) is 68.0 Å². The lowest BCUT2D eigenvalue weighted by Crippen LogP contribution is -2.37. The second-order valence-electron chi connectivity index (χ2n) is 11.7. The Morgan fingerprint density at radius 1 is 1.20 bits per heavy atom. The number of carbonyl (C=O) groups is 2. The zero-order valence-electron chi connectivity index (χ0n) is 26.7. The third-order valence-electron chi connectivity index (χ3n) is 6.94. The second kappa shape index (κ2) is 15.3. The molecule has 14 nitrogen and oxygen atoms in total. The number of amides is 2. The number of morpholine rings is 1. The molecule has 14 heteroatoms. The average molecular weight is 628 g/mol. The van der Waals surface area contributed by atoms with E-state index in [1.165, 1.54) is 0 Å². The predicted octanol–water partition coefficient (Wildman–Crippen LogP) is 3.28. The molecule has 2 amide bonds. The molecule has 246 valence electrons. The number of hydrogen-bond acceptors (Lipinski definition) is 11. The fraction of sp³-hybridized carbons (Fsp3) is 0.548. The van der Waals surface area contributed by atoms with Gasteiger partial charge in [-0.25, -0.2) is 14.8 Å². The highest BCUT2D eigenvalue weighted by molar-refractivity contribution is 6.03. The number of aryl methyl sites for hydroxylation is 2. The molecule has 1 aromatic carbocycles. The van der Waals surface area contributed by atoms with Crippen LogP contribution in [0.4, 0.5) is 10.7 Å². The Labute approximate surface area is 262 Å². The third kappa shape index (κ3) is 9.50. The van der Waals surface area contributed by atoms with Gasteiger partial charge in [0.05, 0.1) is 31.0 Å². The quantitative estimate of drug-likeness (QED) is 0.124. The molecule has 3 aromatic rings. The number of imidazole rings is 1. The van der Waals surface area contributed by atoms with E-state index in [1.807, 2.05) is 13.0 Å². The molecular formula is C31H45N7O7. The number of aromatic nitrogens is 3. The van der Waals surface area contributed by atoms with Gasteiger partial charge < -0.3 is 39.4 Å². The maximum absolute atomic E-state index is 13.3. The minimum atomic E-state index is -1.25. The Morgan fingerprint density at radius 2 is 1.96 bits per heavy atom. The van der Waals surface area contributed by atoms with Crippen LogP contribution in [0.3, 0.4) is 0 Å². The van der Waals surface area contributed by atoms with Crippen LogP contribution in [0.15, 0.2) is 28.7 Å². The summed E-state index contributed by atoms with van der Waals surface area (Å²) in [5, 5.41) is 15.8. The van der Waals surface area contributed by atoms with Crippen LogP contribution in [-0.4, -0.2) is 88.1 Å². The van der Waals surface area contributed by atoms with Crippen LogP contribution in [0.5, 0.6) is 5.75 Å². The lowest BCUT2D eigenvalue weighted by molar-refractivity contribution is 0.0358. The van der Waals surface area contributed by atoms with E-state index in [4.69, 9.17) is 24.4 Å². The lowest BCUT2D eigenvalue weighted by atomic mass is 10.1. The number of anilines is 1. The highest BCUT2D eigenvalue weighted by atomic mass is 16.6. The van der Waals surface area contributed by atoms with Crippen LogP contribution in [-0.2, 0) is 22.4 Å². The average Bonchev–Trinajstić information content (AvgIpc) is 3.54. The molecular weight excluding hydrogens is 582 g/mol. The van der Waals surface area contributed by atoms with Gasteiger partial charge in [0, 0.05) is 45.2 Å². The Kier molecular flexibility index (Phi) is 11.6. The minimum Gasteiger partial charge on any atom is -0.491 e. The van der Waals surface area contributed by atoms with Crippen molar-refractivity contribution in [1.29, 1.82) is 0 Å². The number of nitrogens with one attached hydrogen (secondary N) is 2. The van der Waals surface area contributed by atoms with Crippen LogP contribution in [0.2, 0.25) is 0 Å². The zero-order valence-corrected chi connectivity index (χ0v) is 26.7. The van der Waals surface area contributed by atoms with Gasteiger partial charge in [-0.1, -0.05) is 19.1 Å². The summed E-state index contributed by atoms with van der Waals surface area (Å²) in [6.45, 7) is 13.9. The Bertz CT molecular complexity index is 1480. The molecule has 1 fully saturated rings. The second-order valence-corrected chi connectivity index (χ2v) is 11.7. The standard InChI is InChI=1S/C31H45N7O7/c1-6-22-26(44-20(2)34-22)28(40)36-29-35-23-18-21(27(32)39)19-24(43-15-9-11-37-13-16-42-17-14-37)25(23)38(29)12-8-7-10-33-30(41)45-31(3,4)5/h7-8,18-19,27,39H,6,9-17,32H2,1-5H3,(H,33,41)(H,35,36,40)/b8-7+. The summed E-state index contributed by atoms with van der Waals surface area (Å²) in [6, 6.07) is 3.35. The summed E-state index contributed by atoms with van der Waals surface area (Å²) in [7, 11) is 0. The van der Waals surface area contributed by atoms with Crippen molar-refractivity contribution < 1.29 is 33.3 Å². The van der Waals surface area contributed by atoms with Gasteiger partial charge in [-0.3, -0.25) is 15.0 Å². The van der Waals surface area contributed by atoms with Crippen molar-refractivity contribution >= 4 is 29.0 Å². The molecule has 0 aliphatic carbocycles. The molecule has 1 aliphatic heterocycles. The van der Waals surface area contributed by atoms with Gasteiger partial charge in [0.25, 0.3) is 5.91 Å². The number of aliphatic hydroxyl groups is 1. The molecule has 1 unspecified atom stereocenters. The monoisotopic (exact) mass is 627 g/mol. The first-order valence-corrected chi connectivity index (χ1v) is 15.3. The molecule has 1 atom stereocenters. The van der Waals surface area contributed by atoms with Gasteiger partial charge in [-0.15, -0.1) is 0 Å². The van der Waals surface area contributed by atoms with Crippen molar-refractivity contribution in [2.75, 3.05) is 51.3 Å². The normalized spacial score (nSPS) is 15.0. The predicted molar refractivity (Wildman–Crippen MR) is 168 cm³/mol. The minimum absolute atomic E-state index is 0.114. The van der Waals surface area contributed by atoms with E-state index >= 15 is 0 Å². The van der Waals surface area contributed by atoms with Gasteiger partial charge in [0.2, 0.25) is 11.7 Å². The number of nitrogens with two attached hydrogens (primary N) is 1. The van der Waals surface area contributed by atoms with Gasteiger partial charge in [0.15, 0.2) is 5.89 Å². The number of carbonyl (C=O) groups excluding carboxylic acids is 2. The molecule has 4 rings (SSSR count). The SMILES string of the molecule is CCc1nc(C)oc1C(=O)Nc1nc2cc(C(N)O)cc(OCCCN3CCOCC3)c2n1C/C=C/CNC(=O)OC(C)(C)C. The molecule has 45 heavy (non-hydrogen) atoms. The first-order valence-electron chi connectivity index (χ1n) is 15.3. The number of alkyl carbamates (subject to hydrolysis) is 1. The van der Waals surface area contributed by atoms with E-state index in [0.29, 0.717) is 47.0 Å². The Hall–Kier alpha value is -3.98. The first-order chi connectivity index (χ1) is 21.4. The maximum Gasteiger partial charge on any atom is 0.407 e. The summed E-state index contributed by atoms with van der Waals surface area (Å²) in [5.74, 6) is 0.708. The molecule has 0 radical (unpaired) electrons. The number of benzene rings is 1. The number of allylic oxidation sites excluding steroid dienone is 1. The Morgan fingerprint density at radius 3 is 2.64 bits per heavy atom. The van der Waals surface area contributed by atoms with Gasteiger partial charge in [-0.05, 0) is 45.7 Å². The van der Waals surface area contributed by atoms with Crippen LogP contribution in [0.25, 0.3) is 11.0 Å². The highest BCUT2D eigenvalue weighted by Crippen LogP contribution is 2.33. The maximum atomic E-state index is 13.3. The number of ether oxygens (including phenoxy) is 3. The topological polar surface area (TPSA) is 179 Å². The molecule has 3 heterocycles. The zero-order chi connectivity index (χ0) is 32.6. The molecule has 0 saturated carbocycles. The van der Waals surface area contributed by atoms with E-state index in [-0.39, 0.29) is 24.8 Å². The number of fused-ring (bicyclic) bond motifs is 1. The lowest BCUT2D eigenvalue weighted by Gasteiger charge is -2.26.